The number of carbonyl (C=O) groups is 1. The number of anilines is 2. The molecular formula is C21H25ClN2O2S. The quantitative estimate of drug-likeness (QED) is 0.691. The Labute approximate surface area is 170 Å². The van der Waals surface area contributed by atoms with Gasteiger partial charge < -0.3 is 14.9 Å². The van der Waals surface area contributed by atoms with E-state index in [1.165, 1.54) is 0 Å². The van der Waals surface area contributed by atoms with Crippen LogP contribution in [0.3, 0.4) is 0 Å². The minimum absolute atomic E-state index is 0.328. The molecule has 1 N–H and O–H groups in total. The highest BCUT2D eigenvalue weighted by atomic mass is 35.5. The van der Waals surface area contributed by atoms with Crippen molar-refractivity contribution in [2.24, 2.45) is 0 Å². The van der Waals surface area contributed by atoms with Crippen LogP contribution in [0.5, 0.6) is 0 Å². The Hall–Kier alpha value is -1.69. The molecule has 0 saturated carbocycles. The van der Waals surface area contributed by atoms with Crippen LogP contribution in [0.1, 0.15) is 31.7 Å². The van der Waals surface area contributed by atoms with Gasteiger partial charge in [-0.25, -0.2) is 0 Å². The van der Waals surface area contributed by atoms with E-state index in [0.29, 0.717) is 12.5 Å². The van der Waals surface area contributed by atoms with Crippen LogP contribution in [0, 0.1) is 0 Å². The summed E-state index contributed by atoms with van der Waals surface area (Å²) < 4.78 is 0. The molecule has 0 aliphatic carbocycles. The molecule has 0 aromatic heterocycles. The predicted molar refractivity (Wildman–Crippen MR) is 113 cm³/mol. The lowest BCUT2D eigenvalue weighted by atomic mass is 9.96. The molecule has 0 spiro atoms. The first-order valence-corrected chi connectivity index (χ1v) is 10.3. The van der Waals surface area contributed by atoms with Crippen molar-refractivity contribution in [3.05, 3.63) is 47.0 Å². The lowest BCUT2D eigenvalue weighted by molar-refractivity contribution is -0.138. The molecule has 2 atom stereocenters. The third-order valence-corrected chi connectivity index (χ3v) is 6.49. The second-order valence-electron chi connectivity index (χ2n) is 7.16. The second kappa shape index (κ2) is 8.13. The van der Waals surface area contributed by atoms with Gasteiger partial charge in [-0.05, 0) is 63.3 Å². The topological polar surface area (TPSA) is 43.8 Å². The van der Waals surface area contributed by atoms with Crippen LogP contribution in [0.4, 0.5) is 11.4 Å². The zero-order chi connectivity index (χ0) is 19.7. The highest BCUT2D eigenvalue weighted by molar-refractivity contribution is 7.99. The maximum Gasteiger partial charge on any atom is 0.310 e. The van der Waals surface area contributed by atoms with Gasteiger partial charge in [0.25, 0.3) is 0 Å². The van der Waals surface area contributed by atoms with Crippen molar-refractivity contribution < 1.29 is 9.90 Å². The summed E-state index contributed by atoms with van der Waals surface area (Å²) in [5.41, 5.74) is 3.04. The third-order valence-electron chi connectivity index (χ3n) is 5.14. The molecule has 0 amide bonds. The minimum atomic E-state index is -0.777. The summed E-state index contributed by atoms with van der Waals surface area (Å²) in [4.78, 5) is 18.4. The molecule has 1 aliphatic rings. The van der Waals surface area contributed by atoms with Gasteiger partial charge in [0.2, 0.25) is 0 Å². The molecule has 1 heterocycles. The third kappa shape index (κ3) is 4.10. The number of likely N-dealkylation sites (N-methyl/N-ethyl adjacent to an activating group) is 1. The van der Waals surface area contributed by atoms with Crippen LogP contribution in [0.15, 0.2) is 46.2 Å². The molecule has 0 saturated heterocycles. The summed E-state index contributed by atoms with van der Waals surface area (Å²) in [6.07, 6.45) is 0.571. The van der Waals surface area contributed by atoms with Crippen molar-refractivity contribution in [2.45, 2.75) is 42.0 Å². The number of hydrogen-bond donors (Lipinski definition) is 1. The van der Waals surface area contributed by atoms with Gasteiger partial charge in [0.1, 0.15) is 0 Å². The summed E-state index contributed by atoms with van der Waals surface area (Å²) in [7, 11) is 4.14. The largest absolute Gasteiger partial charge is 0.481 e. The van der Waals surface area contributed by atoms with Crippen molar-refractivity contribution in [1.82, 2.24) is 4.90 Å². The van der Waals surface area contributed by atoms with E-state index < -0.39 is 11.9 Å². The maximum absolute atomic E-state index is 11.6. The fourth-order valence-electron chi connectivity index (χ4n) is 3.27. The van der Waals surface area contributed by atoms with E-state index in [2.05, 4.69) is 36.9 Å². The molecule has 2 aromatic carbocycles. The second-order valence-corrected chi connectivity index (χ2v) is 8.68. The lowest BCUT2D eigenvalue weighted by Crippen LogP contribution is -2.37. The number of nitrogens with zero attached hydrogens (tertiary/aromatic N) is 2. The van der Waals surface area contributed by atoms with Crippen molar-refractivity contribution in [3.8, 4) is 0 Å². The number of halogens is 1. The number of carboxylic acids is 1. The van der Waals surface area contributed by atoms with Crippen LogP contribution in [-0.4, -0.2) is 42.7 Å². The Morgan fingerprint density at radius 3 is 2.56 bits per heavy atom. The standard InChI is InChI=1S/C21H25ClN2O2S/c1-5-16(21(25)26)14-6-9-19-18(10-14)24(12-13(2)23(3)4)17-8-7-15(22)11-20(17)27-19/h6-11,13,16H,5,12H2,1-4H3,(H,25,26). The molecule has 2 unspecified atom stereocenters. The molecule has 144 valence electrons. The Kier molecular flexibility index (Phi) is 6.04. The van der Waals surface area contributed by atoms with Gasteiger partial charge in [-0.2, -0.15) is 0 Å². The molecule has 3 rings (SSSR count). The molecule has 2 aromatic rings. The molecule has 0 fully saturated rings. The summed E-state index contributed by atoms with van der Waals surface area (Å²) in [5, 5.41) is 10.3. The van der Waals surface area contributed by atoms with Crippen molar-refractivity contribution in [2.75, 3.05) is 25.5 Å². The van der Waals surface area contributed by atoms with Crippen LogP contribution in [0.2, 0.25) is 5.02 Å². The molecule has 0 bridgehead atoms. The van der Waals surface area contributed by atoms with E-state index in [1.807, 2.05) is 37.3 Å². The van der Waals surface area contributed by atoms with Gasteiger partial charge in [0.05, 0.1) is 17.3 Å². The molecule has 4 nitrogen and oxygen atoms in total. The highest BCUT2D eigenvalue weighted by Gasteiger charge is 2.27. The van der Waals surface area contributed by atoms with Crippen LogP contribution < -0.4 is 4.90 Å². The van der Waals surface area contributed by atoms with Gasteiger partial charge in [-0.15, -0.1) is 0 Å². The normalized spacial score (nSPS) is 15.3. The number of hydrogen-bond acceptors (Lipinski definition) is 4. The highest BCUT2D eigenvalue weighted by Crippen LogP contribution is 2.49. The van der Waals surface area contributed by atoms with E-state index >= 15 is 0 Å². The number of benzene rings is 2. The molecule has 6 heteroatoms. The van der Waals surface area contributed by atoms with Gasteiger partial charge in [0.15, 0.2) is 0 Å². The van der Waals surface area contributed by atoms with Crippen LogP contribution >= 0.6 is 23.4 Å². The van der Waals surface area contributed by atoms with E-state index in [1.54, 1.807) is 11.8 Å². The van der Waals surface area contributed by atoms with E-state index in [0.717, 1.165) is 38.3 Å². The van der Waals surface area contributed by atoms with Gasteiger partial charge >= 0.3 is 5.97 Å². The van der Waals surface area contributed by atoms with E-state index in [-0.39, 0.29) is 0 Å². The zero-order valence-electron chi connectivity index (χ0n) is 16.1. The Bertz CT molecular complexity index is 856. The molecular weight excluding hydrogens is 380 g/mol. The minimum Gasteiger partial charge on any atom is -0.481 e. The first kappa shape index (κ1) is 20.1. The number of carboxylic acid groups (broad SMARTS) is 1. The summed E-state index contributed by atoms with van der Waals surface area (Å²) in [5.74, 6) is -1.26. The Morgan fingerprint density at radius 2 is 1.93 bits per heavy atom. The zero-order valence-corrected chi connectivity index (χ0v) is 17.6. The van der Waals surface area contributed by atoms with Crippen LogP contribution in [0.25, 0.3) is 0 Å². The van der Waals surface area contributed by atoms with Gasteiger partial charge in [-0.1, -0.05) is 36.4 Å². The predicted octanol–water partition coefficient (Wildman–Crippen LogP) is 5.47. The molecule has 1 aliphatic heterocycles. The summed E-state index contributed by atoms with van der Waals surface area (Å²) in [6, 6.07) is 12.3. The van der Waals surface area contributed by atoms with Crippen molar-refractivity contribution in [1.29, 1.82) is 0 Å². The first-order valence-electron chi connectivity index (χ1n) is 9.10. The maximum atomic E-state index is 11.6. The van der Waals surface area contributed by atoms with Crippen molar-refractivity contribution >= 4 is 40.7 Å². The molecule has 0 radical (unpaired) electrons. The van der Waals surface area contributed by atoms with E-state index in [9.17, 15) is 9.90 Å². The first-order chi connectivity index (χ1) is 12.8. The average molecular weight is 405 g/mol. The monoisotopic (exact) mass is 404 g/mol. The van der Waals surface area contributed by atoms with Crippen molar-refractivity contribution in [3.63, 3.8) is 0 Å². The average Bonchev–Trinajstić information content (AvgIpc) is 2.61. The lowest BCUT2D eigenvalue weighted by Gasteiger charge is -2.36. The molecule has 27 heavy (non-hydrogen) atoms. The number of rotatable bonds is 6. The van der Waals surface area contributed by atoms with Gasteiger partial charge in [0, 0.05) is 27.4 Å². The smallest absolute Gasteiger partial charge is 0.310 e. The SMILES string of the molecule is CCC(C(=O)O)c1ccc2c(c1)N(CC(C)N(C)C)c1ccc(Cl)cc1S2. The summed E-state index contributed by atoms with van der Waals surface area (Å²) in [6.45, 7) is 4.91. The number of fused-ring (bicyclic) bond motifs is 2. The van der Waals surface area contributed by atoms with Crippen LogP contribution in [-0.2, 0) is 4.79 Å². The van der Waals surface area contributed by atoms with E-state index in [4.69, 9.17) is 11.6 Å². The fourth-order valence-corrected chi connectivity index (χ4v) is 4.62. The number of aliphatic carboxylic acids is 1. The fraction of sp³-hybridized carbons (Fsp3) is 0.381. The van der Waals surface area contributed by atoms with Gasteiger partial charge in [-0.3, -0.25) is 4.79 Å². The summed E-state index contributed by atoms with van der Waals surface area (Å²) >= 11 is 7.91. The Morgan fingerprint density at radius 1 is 1.19 bits per heavy atom. The Balaban J connectivity index is 2.09.